The van der Waals surface area contributed by atoms with Gasteiger partial charge in [-0.15, -0.1) is 24.8 Å². The molecule has 0 aliphatic rings. The van der Waals surface area contributed by atoms with Crippen molar-refractivity contribution < 1.29 is 9.90 Å². The molecule has 0 radical (unpaired) electrons. The molecule has 0 aliphatic heterocycles. The molecule has 14 heavy (non-hydrogen) atoms. The van der Waals surface area contributed by atoms with E-state index in [1.54, 1.807) is 6.20 Å². The van der Waals surface area contributed by atoms with E-state index < -0.39 is 12.0 Å². The largest absolute Gasteiger partial charge is 0.480 e. The van der Waals surface area contributed by atoms with Gasteiger partial charge in [-0.25, -0.2) is 0 Å². The molecule has 1 heterocycles. The zero-order chi connectivity index (χ0) is 9.14. The molecule has 8 heteroatoms. The second-order valence-electron chi connectivity index (χ2n) is 2.42. The van der Waals surface area contributed by atoms with Gasteiger partial charge in [0, 0.05) is 18.3 Å². The number of aliphatic carboxylic acids is 1. The maximum absolute atomic E-state index is 10.3. The number of aromatic nitrogens is 2. The van der Waals surface area contributed by atoms with Gasteiger partial charge in [-0.2, -0.15) is 0 Å². The van der Waals surface area contributed by atoms with Gasteiger partial charge in [0.15, 0.2) is 4.77 Å². The smallest absolute Gasteiger partial charge is 0.320 e. The van der Waals surface area contributed by atoms with E-state index in [4.69, 9.17) is 23.1 Å². The lowest BCUT2D eigenvalue weighted by molar-refractivity contribution is -0.138. The summed E-state index contributed by atoms with van der Waals surface area (Å²) in [4.78, 5) is 15.8. The number of aromatic amines is 2. The highest BCUT2D eigenvalue weighted by molar-refractivity contribution is 7.71. The molecule has 0 saturated carbocycles. The Bertz CT molecular complexity index is 338. The normalized spacial score (nSPS) is 10.9. The third-order valence-corrected chi connectivity index (χ3v) is 1.63. The van der Waals surface area contributed by atoms with Crippen LogP contribution in [0.25, 0.3) is 0 Å². The fraction of sp³-hybridized carbons (Fsp3) is 0.333. The van der Waals surface area contributed by atoms with Crippen LogP contribution in [0.15, 0.2) is 6.20 Å². The van der Waals surface area contributed by atoms with Crippen molar-refractivity contribution in [1.29, 1.82) is 0 Å². The summed E-state index contributed by atoms with van der Waals surface area (Å²) in [6, 6.07) is -0.883. The van der Waals surface area contributed by atoms with Crippen LogP contribution in [0.3, 0.4) is 0 Å². The van der Waals surface area contributed by atoms with Gasteiger partial charge in [0.25, 0.3) is 0 Å². The number of H-pyrrole nitrogens is 2. The molecule has 1 aromatic rings. The van der Waals surface area contributed by atoms with E-state index >= 15 is 0 Å². The number of halogens is 2. The first-order valence-electron chi connectivity index (χ1n) is 3.34. The van der Waals surface area contributed by atoms with Crippen LogP contribution in [0.4, 0.5) is 0 Å². The first kappa shape index (κ1) is 15.9. The number of carboxylic acid groups (broad SMARTS) is 1. The molecule has 82 valence electrons. The number of carboxylic acids is 1. The Morgan fingerprint density at radius 1 is 1.64 bits per heavy atom. The van der Waals surface area contributed by atoms with E-state index in [0.717, 1.165) is 0 Å². The highest BCUT2D eigenvalue weighted by Gasteiger charge is 2.12. The van der Waals surface area contributed by atoms with Gasteiger partial charge in [-0.1, -0.05) is 0 Å². The van der Waals surface area contributed by atoms with Gasteiger partial charge in [0.1, 0.15) is 6.04 Å². The Hall–Kier alpha value is -0.560. The zero-order valence-corrected chi connectivity index (χ0v) is 9.47. The quantitative estimate of drug-likeness (QED) is 0.606. The van der Waals surface area contributed by atoms with Crippen LogP contribution in [0.2, 0.25) is 0 Å². The number of hydrogen-bond acceptors (Lipinski definition) is 3. The van der Waals surface area contributed by atoms with Gasteiger partial charge in [-0.05, 0) is 12.2 Å². The van der Waals surface area contributed by atoms with E-state index in [1.807, 2.05) is 0 Å². The monoisotopic (exact) mass is 259 g/mol. The summed E-state index contributed by atoms with van der Waals surface area (Å²) in [5, 5.41) is 8.47. The average molecular weight is 260 g/mol. The van der Waals surface area contributed by atoms with E-state index in [1.165, 1.54) is 0 Å². The number of hydrogen-bond donors (Lipinski definition) is 4. The Morgan fingerprint density at radius 2 is 2.21 bits per heavy atom. The van der Waals surface area contributed by atoms with Crippen molar-refractivity contribution in [3.05, 3.63) is 16.7 Å². The van der Waals surface area contributed by atoms with Crippen LogP contribution in [-0.2, 0) is 11.2 Å². The third kappa shape index (κ3) is 4.61. The topological polar surface area (TPSA) is 94.9 Å². The van der Waals surface area contributed by atoms with Crippen molar-refractivity contribution >= 4 is 43.0 Å². The molecule has 0 bridgehead atoms. The van der Waals surface area contributed by atoms with Crippen molar-refractivity contribution in [2.24, 2.45) is 5.73 Å². The van der Waals surface area contributed by atoms with Crippen LogP contribution >= 0.6 is 37.0 Å². The number of nitrogens with two attached hydrogens (primary N) is 1. The SMILES string of the molecule is Cl.Cl.N[C@@H](Cc1c[nH]c(=S)[nH]1)C(=O)O. The van der Waals surface area contributed by atoms with E-state index in [9.17, 15) is 4.79 Å². The number of carbonyl (C=O) groups is 1. The highest BCUT2D eigenvalue weighted by atomic mass is 35.5. The van der Waals surface area contributed by atoms with Crippen molar-refractivity contribution in [3.63, 3.8) is 0 Å². The van der Waals surface area contributed by atoms with Gasteiger partial charge < -0.3 is 20.8 Å². The standard InChI is InChI=1S/C6H9N3O2S.2ClH/c7-4(5(10)11)1-3-2-8-6(12)9-3;;/h2,4H,1,7H2,(H,10,11)(H2,8,9,12);2*1H/t4-;;/m0../s1. The Balaban J connectivity index is 0. The zero-order valence-electron chi connectivity index (χ0n) is 7.02. The molecular weight excluding hydrogens is 249 g/mol. The summed E-state index contributed by atoms with van der Waals surface area (Å²) in [5.41, 5.74) is 5.99. The maximum atomic E-state index is 10.3. The summed E-state index contributed by atoms with van der Waals surface area (Å²) >= 11 is 4.75. The molecular formula is C6H11Cl2N3O2S. The minimum absolute atomic E-state index is 0. The molecule has 0 spiro atoms. The van der Waals surface area contributed by atoms with Crippen LogP contribution in [0, 0.1) is 4.77 Å². The number of nitrogens with one attached hydrogen (secondary N) is 2. The first-order valence-corrected chi connectivity index (χ1v) is 3.75. The molecule has 1 rings (SSSR count). The predicted molar refractivity (Wildman–Crippen MR) is 59.8 cm³/mol. The predicted octanol–water partition coefficient (Wildman–Crippen LogP) is 0.870. The summed E-state index contributed by atoms with van der Waals surface area (Å²) in [7, 11) is 0. The van der Waals surface area contributed by atoms with Gasteiger partial charge >= 0.3 is 5.97 Å². The van der Waals surface area contributed by atoms with Crippen molar-refractivity contribution in [3.8, 4) is 0 Å². The summed E-state index contributed by atoms with van der Waals surface area (Å²) in [6.45, 7) is 0. The number of imidazole rings is 1. The van der Waals surface area contributed by atoms with Gasteiger partial charge in [-0.3, -0.25) is 4.79 Å². The van der Waals surface area contributed by atoms with E-state index in [-0.39, 0.29) is 31.2 Å². The molecule has 0 unspecified atom stereocenters. The van der Waals surface area contributed by atoms with Crippen LogP contribution in [0.5, 0.6) is 0 Å². The molecule has 0 aromatic carbocycles. The van der Waals surface area contributed by atoms with Crippen molar-refractivity contribution in [2.75, 3.05) is 0 Å². The van der Waals surface area contributed by atoms with Crippen molar-refractivity contribution in [2.45, 2.75) is 12.5 Å². The minimum Gasteiger partial charge on any atom is -0.480 e. The summed E-state index contributed by atoms with van der Waals surface area (Å²) in [5.74, 6) is -1.02. The van der Waals surface area contributed by atoms with Crippen LogP contribution < -0.4 is 5.73 Å². The second-order valence-corrected chi connectivity index (χ2v) is 2.83. The lowest BCUT2D eigenvalue weighted by atomic mass is 10.2. The second kappa shape index (κ2) is 6.83. The minimum atomic E-state index is -1.02. The maximum Gasteiger partial charge on any atom is 0.320 e. The Kier molecular flexibility index (Phi) is 7.75. The molecule has 1 atom stereocenters. The lowest BCUT2D eigenvalue weighted by Crippen LogP contribution is -2.32. The average Bonchev–Trinajstić information content (AvgIpc) is 2.35. The van der Waals surface area contributed by atoms with Gasteiger partial charge in [0.2, 0.25) is 0 Å². The van der Waals surface area contributed by atoms with Crippen LogP contribution in [-0.4, -0.2) is 27.1 Å². The van der Waals surface area contributed by atoms with E-state index in [2.05, 4.69) is 9.97 Å². The fourth-order valence-electron chi connectivity index (χ4n) is 0.805. The molecule has 0 amide bonds. The van der Waals surface area contributed by atoms with Crippen LogP contribution in [0.1, 0.15) is 5.69 Å². The Morgan fingerprint density at radius 3 is 2.57 bits per heavy atom. The molecule has 0 fully saturated rings. The van der Waals surface area contributed by atoms with Crippen molar-refractivity contribution in [1.82, 2.24) is 9.97 Å². The summed E-state index contributed by atoms with van der Waals surface area (Å²) in [6.07, 6.45) is 1.87. The molecule has 0 aliphatic carbocycles. The molecule has 5 N–H and O–H groups in total. The molecule has 1 aromatic heterocycles. The molecule has 0 saturated heterocycles. The third-order valence-electron chi connectivity index (χ3n) is 1.41. The number of rotatable bonds is 3. The molecule has 5 nitrogen and oxygen atoms in total. The first-order chi connectivity index (χ1) is 5.59. The Labute approximate surface area is 97.9 Å². The van der Waals surface area contributed by atoms with Gasteiger partial charge in [0.05, 0.1) is 0 Å². The van der Waals surface area contributed by atoms with E-state index in [0.29, 0.717) is 10.5 Å². The lowest BCUT2D eigenvalue weighted by Gasteiger charge is -2.02. The summed E-state index contributed by atoms with van der Waals surface area (Å²) < 4.78 is 0.475. The highest BCUT2D eigenvalue weighted by Crippen LogP contribution is 1.97. The fourth-order valence-corrected chi connectivity index (χ4v) is 0.995.